The van der Waals surface area contributed by atoms with E-state index in [-0.39, 0.29) is 44.2 Å². The highest BCUT2D eigenvalue weighted by molar-refractivity contribution is 5.92. The van der Waals surface area contributed by atoms with Crippen LogP contribution in [-0.2, 0) is 6.54 Å². The maximum atomic E-state index is 13.6. The molecule has 0 amide bonds. The minimum Gasteiger partial charge on any atom is -0.493 e. The van der Waals surface area contributed by atoms with Crippen molar-refractivity contribution in [2.45, 2.75) is 25.3 Å². The van der Waals surface area contributed by atoms with Crippen molar-refractivity contribution in [3.63, 3.8) is 0 Å². The van der Waals surface area contributed by atoms with Gasteiger partial charge in [-0.1, -0.05) is 12.1 Å². The molecule has 1 aliphatic rings. The molecule has 1 aliphatic heterocycles. The predicted molar refractivity (Wildman–Crippen MR) is 120 cm³/mol. The monoisotopic (exact) mass is 468 g/mol. The first-order valence-electron chi connectivity index (χ1n) is 9.93. The van der Waals surface area contributed by atoms with Crippen molar-refractivity contribution >= 4 is 35.1 Å². The van der Waals surface area contributed by atoms with Gasteiger partial charge in [0.15, 0.2) is 11.5 Å². The van der Waals surface area contributed by atoms with Crippen molar-refractivity contribution < 1.29 is 22.6 Å². The van der Waals surface area contributed by atoms with Crippen LogP contribution in [0.2, 0.25) is 0 Å². The van der Waals surface area contributed by atoms with Crippen LogP contribution in [0.3, 0.4) is 0 Å². The largest absolute Gasteiger partial charge is 0.493 e. The third kappa shape index (κ3) is 5.09. The van der Waals surface area contributed by atoms with E-state index in [4.69, 9.17) is 9.47 Å². The van der Waals surface area contributed by atoms with Crippen LogP contribution in [0.4, 0.5) is 24.9 Å². The molecule has 6 nitrogen and oxygen atoms in total. The lowest BCUT2D eigenvalue weighted by molar-refractivity contribution is -0.0222. The summed E-state index contributed by atoms with van der Waals surface area (Å²) in [4.78, 5) is 11.0. The number of hydrogen-bond donors (Lipinski definition) is 1. The Labute approximate surface area is 190 Å². The van der Waals surface area contributed by atoms with Crippen LogP contribution >= 0.6 is 12.4 Å². The fraction of sp³-hybridized carbons (Fsp3) is 0.364. The summed E-state index contributed by atoms with van der Waals surface area (Å²) in [5.74, 6) is -1.03. The molecule has 1 N–H and O–H groups in total. The SMILES string of the molecule is COc1cc2nc(N3CCC(F)(F)CC3)nc(NCc3ccc(F)cc3)c2cc1OC.Cl. The van der Waals surface area contributed by atoms with E-state index >= 15 is 0 Å². The molecule has 10 heteroatoms. The van der Waals surface area contributed by atoms with E-state index in [9.17, 15) is 13.2 Å². The van der Waals surface area contributed by atoms with Crippen molar-refractivity contribution in [2.24, 2.45) is 0 Å². The van der Waals surface area contributed by atoms with Gasteiger partial charge in [0.25, 0.3) is 5.92 Å². The first-order valence-corrected chi connectivity index (χ1v) is 9.93. The highest BCUT2D eigenvalue weighted by atomic mass is 35.5. The molecule has 0 bridgehead atoms. The van der Waals surface area contributed by atoms with Crippen molar-refractivity contribution in [1.82, 2.24) is 9.97 Å². The maximum absolute atomic E-state index is 13.6. The van der Waals surface area contributed by atoms with Gasteiger partial charge in [0.1, 0.15) is 11.6 Å². The third-order valence-electron chi connectivity index (χ3n) is 5.34. The molecule has 0 atom stereocenters. The summed E-state index contributed by atoms with van der Waals surface area (Å²) in [5, 5.41) is 3.96. The number of halogens is 4. The molecule has 32 heavy (non-hydrogen) atoms. The average Bonchev–Trinajstić information content (AvgIpc) is 2.77. The molecule has 1 saturated heterocycles. The van der Waals surface area contributed by atoms with E-state index in [1.807, 2.05) is 0 Å². The maximum Gasteiger partial charge on any atom is 0.251 e. The lowest BCUT2D eigenvalue weighted by Gasteiger charge is -2.32. The van der Waals surface area contributed by atoms with Crippen LogP contribution in [0.5, 0.6) is 11.5 Å². The summed E-state index contributed by atoms with van der Waals surface area (Å²) in [6.45, 7) is 0.741. The summed E-state index contributed by atoms with van der Waals surface area (Å²) in [5.41, 5.74) is 1.47. The fourth-order valence-electron chi connectivity index (χ4n) is 3.54. The highest BCUT2D eigenvalue weighted by Gasteiger charge is 2.35. The van der Waals surface area contributed by atoms with Gasteiger partial charge >= 0.3 is 0 Å². The summed E-state index contributed by atoms with van der Waals surface area (Å²) in [6.07, 6.45) is -0.475. The zero-order valence-electron chi connectivity index (χ0n) is 17.7. The zero-order chi connectivity index (χ0) is 22.0. The molecule has 3 aromatic rings. The second kappa shape index (κ2) is 9.68. The van der Waals surface area contributed by atoms with Crippen molar-refractivity contribution in [3.05, 3.63) is 47.8 Å². The molecule has 0 saturated carbocycles. The Hall–Kier alpha value is -2.94. The van der Waals surface area contributed by atoms with Crippen molar-refractivity contribution in [2.75, 3.05) is 37.5 Å². The normalized spacial score (nSPS) is 15.2. The number of aromatic nitrogens is 2. The molecule has 2 aromatic carbocycles. The predicted octanol–water partition coefficient (Wildman–Crippen LogP) is 5.06. The molecule has 0 unspecified atom stereocenters. The molecule has 172 valence electrons. The number of rotatable bonds is 6. The molecule has 1 fully saturated rings. The van der Waals surface area contributed by atoms with Crippen LogP contribution in [0.25, 0.3) is 10.9 Å². The standard InChI is InChI=1S/C22H23F3N4O2.ClH/c1-30-18-11-16-17(12-19(18)31-2)27-21(29-9-7-22(24,25)8-10-29)28-20(16)26-13-14-3-5-15(23)6-4-14;/h3-6,11-12H,7-10,13H2,1-2H3,(H,26,27,28);1H. The van der Waals surface area contributed by atoms with Crippen molar-refractivity contribution in [3.8, 4) is 11.5 Å². The minimum atomic E-state index is -2.66. The van der Waals surface area contributed by atoms with E-state index in [1.165, 1.54) is 19.2 Å². The summed E-state index contributed by atoms with van der Waals surface area (Å²) in [6, 6.07) is 9.66. The van der Waals surface area contributed by atoms with Crippen LogP contribution in [0, 0.1) is 5.82 Å². The quantitative estimate of drug-likeness (QED) is 0.546. The minimum absolute atomic E-state index is 0. The highest BCUT2D eigenvalue weighted by Crippen LogP contribution is 2.36. The molecule has 1 aromatic heterocycles. The molecular formula is C22H24ClF3N4O2. The number of ether oxygens (including phenoxy) is 2. The van der Waals surface area contributed by atoms with E-state index < -0.39 is 5.92 Å². The van der Waals surface area contributed by atoms with Gasteiger partial charge in [-0.15, -0.1) is 12.4 Å². The van der Waals surface area contributed by atoms with Crippen LogP contribution in [-0.4, -0.2) is 43.2 Å². The average molecular weight is 469 g/mol. The lowest BCUT2D eigenvalue weighted by atomic mass is 10.1. The molecule has 0 spiro atoms. The fourth-order valence-corrected chi connectivity index (χ4v) is 3.54. The first kappa shape index (κ1) is 23.7. The third-order valence-corrected chi connectivity index (χ3v) is 5.34. The Morgan fingerprint density at radius 1 is 1.00 bits per heavy atom. The van der Waals surface area contributed by atoms with Crippen LogP contribution in [0.1, 0.15) is 18.4 Å². The van der Waals surface area contributed by atoms with Crippen molar-refractivity contribution in [1.29, 1.82) is 0 Å². The first-order chi connectivity index (χ1) is 14.9. The summed E-state index contributed by atoms with van der Waals surface area (Å²) in [7, 11) is 3.07. The van der Waals surface area contributed by atoms with E-state index in [1.54, 1.807) is 36.3 Å². The van der Waals surface area contributed by atoms with Gasteiger partial charge in [-0.3, -0.25) is 0 Å². The van der Waals surface area contributed by atoms with Gasteiger partial charge in [-0.05, 0) is 23.8 Å². The zero-order valence-corrected chi connectivity index (χ0v) is 18.5. The molecule has 2 heterocycles. The lowest BCUT2D eigenvalue weighted by Crippen LogP contribution is -2.40. The number of alkyl halides is 2. The van der Waals surface area contributed by atoms with Gasteiger partial charge in [-0.25, -0.2) is 18.2 Å². The van der Waals surface area contributed by atoms with Gasteiger partial charge in [0, 0.05) is 43.9 Å². The van der Waals surface area contributed by atoms with Gasteiger partial charge in [0.2, 0.25) is 5.95 Å². The number of methoxy groups -OCH3 is 2. The Morgan fingerprint density at radius 3 is 2.25 bits per heavy atom. The van der Waals surface area contributed by atoms with Gasteiger partial charge in [0.05, 0.1) is 19.7 Å². The molecule has 0 radical (unpaired) electrons. The smallest absolute Gasteiger partial charge is 0.251 e. The Kier molecular flexibility index (Phi) is 7.18. The van der Waals surface area contributed by atoms with Gasteiger partial charge in [-0.2, -0.15) is 4.98 Å². The molecule has 4 rings (SSSR count). The number of piperidine rings is 1. The van der Waals surface area contributed by atoms with E-state index in [2.05, 4.69) is 15.3 Å². The van der Waals surface area contributed by atoms with Crippen LogP contribution in [0.15, 0.2) is 36.4 Å². The second-order valence-corrected chi connectivity index (χ2v) is 7.42. The van der Waals surface area contributed by atoms with E-state index in [0.717, 1.165) is 5.56 Å². The summed E-state index contributed by atoms with van der Waals surface area (Å²) >= 11 is 0. The number of benzene rings is 2. The Balaban J connectivity index is 0.00000289. The number of fused-ring (bicyclic) bond motifs is 1. The van der Waals surface area contributed by atoms with E-state index in [0.29, 0.717) is 40.7 Å². The second-order valence-electron chi connectivity index (χ2n) is 7.42. The number of nitrogens with zero attached hydrogens (tertiary/aromatic N) is 3. The Morgan fingerprint density at radius 2 is 1.62 bits per heavy atom. The topological polar surface area (TPSA) is 59.5 Å². The number of hydrogen-bond acceptors (Lipinski definition) is 6. The number of anilines is 2. The van der Waals surface area contributed by atoms with Gasteiger partial charge < -0.3 is 19.7 Å². The summed E-state index contributed by atoms with van der Waals surface area (Å²) < 4.78 is 51.2. The molecular weight excluding hydrogens is 445 g/mol. The molecule has 0 aliphatic carbocycles. The Bertz CT molecular complexity index is 1070. The van der Waals surface area contributed by atoms with Crippen LogP contribution < -0.4 is 19.7 Å². The number of nitrogens with one attached hydrogen (secondary N) is 1.